The molecule has 0 aliphatic carbocycles. The number of benzene rings is 1. The number of para-hydroxylation sites is 2. The van der Waals surface area contributed by atoms with Gasteiger partial charge in [-0.2, -0.15) is 0 Å². The Morgan fingerprint density at radius 2 is 2.00 bits per heavy atom. The second kappa shape index (κ2) is 10.8. The van der Waals surface area contributed by atoms with Gasteiger partial charge in [0.2, 0.25) is 5.91 Å². The molecule has 0 unspecified atom stereocenters. The Balaban J connectivity index is 1.55. The highest BCUT2D eigenvalue weighted by Gasteiger charge is 2.35. The number of hydrogen-bond acceptors (Lipinski definition) is 6. The average molecular weight is 483 g/mol. The molecule has 1 aliphatic rings. The molecule has 1 aromatic carbocycles. The fourth-order valence-corrected chi connectivity index (χ4v) is 5.14. The molecule has 0 saturated carbocycles. The summed E-state index contributed by atoms with van der Waals surface area (Å²) >= 11 is 1.70. The third-order valence-electron chi connectivity index (χ3n) is 6.30. The minimum Gasteiger partial charge on any atom is -0.493 e. The highest BCUT2D eigenvalue weighted by molar-refractivity contribution is 7.10. The lowest BCUT2D eigenvalue weighted by molar-refractivity contribution is -0.136. The SMILES string of the molecule is CC[C@H](C)N(CC(=O)N1CCc2sccc2[C@@H]1COc1ccccc1OC)C(=O)c1ccco1. The summed E-state index contributed by atoms with van der Waals surface area (Å²) in [6.07, 6.45) is 2.99. The Morgan fingerprint density at radius 1 is 1.21 bits per heavy atom. The molecule has 2 amide bonds. The van der Waals surface area contributed by atoms with E-state index >= 15 is 0 Å². The van der Waals surface area contributed by atoms with Crippen LogP contribution in [0.15, 0.2) is 58.5 Å². The number of carbonyl (C=O) groups is 2. The van der Waals surface area contributed by atoms with Crippen molar-refractivity contribution in [1.82, 2.24) is 9.80 Å². The third-order valence-corrected chi connectivity index (χ3v) is 7.30. The minimum atomic E-state index is -0.275. The number of methoxy groups -OCH3 is 1. The van der Waals surface area contributed by atoms with Gasteiger partial charge in [0.25, 0.3) is 5.91 Å². The van der Waals surface area contributed by atoms with Crippen molar-refractivity contribution in [1.29, 1.82) is 0 Å². The molecule has 2 aromatic heterocycles. The maximum absolute atomic E-state index is 13.6. The first-order chi connectivity index (χ1) is 16.5. The number of rotatable bonds is 9. The first-order valence-electron chi connectivity index (χ1n) is 11.5. The summed E-state index contributed by atoms with van der Waals surface area (Å²) in [4.78, 5) is 31.4. The molecule has 34 heavy (non-hydrogen) atoms. The lowest BCUT2D eigenvalue weighted by atomic mass is 10.00. The third kappa shape index (κ3) is 4.97. The summed E-state index contributed by atoms with van der Waals surface area (Å²) < 4.78 is 16.9. The maximum atomic E-state index is 13.6. The monoisotopic (exact) mass is 482 g/mol. The number of amides is 2. The highest BCUT2D eigenvalue weighted by atomic mass is 32.1. The van der Waals surface area contributed by atoms with Crippen LogP contribution in [0.5, 0.6) is 11.5 Å². The second-order valence-corrected chi connectivity index (χ2v) is 9.28. The predicted molar refractivity (Wildman–Crippen MR) is 130 cm³/mol. The summed E-state index contributed by atoms with van der Waals surface area (Å²) in [7, 11) is 1.61. The normalized spacial score (nSPS) is 16.0. The predicted octanol–water partition coefficient (Wildman–Crippen LogP) is 4.80. The number of ether oxygens (including phenoxy) is 2. The first kappa shape index (κ1) is 23.9. The van der Waals surface area contributed by atoms with Crippen LogP contribution in [0, 0.1) is 0 Å². The van der Waals surface area contributed by atoms with Gasteiger partial charge in [-0.15, -0.1) is 11.3 Å². The van der Waals surface area contributed by atoms with Crippen LogP contribution < -0.4 is 9.47 Å². The Kier molecular flexibility index (Phi) is 7.57. The van der Waals surface area contributed by atoms with Crippen molar-refractivity contribution in [2.24, 2.45) is 0 Å². The molecule has 7 nitrogen and oxygen atoms in total. The number of fused-ring (bicyclic) bond motifs is 1. The lowest BCUT2D eigenvalue weighted by Crippen LogP contribution is -2.49. The smallest absolute Gasteiger partial charge is 0.290 e. The van der Waals surface area contributed by atoms with E-state index in [0.29, 0.717) is 24.7 Å². The number of hydrogen-bond donors (Lipinski definition) is 0. The zero-order chi connectivity index (χ0) is 24.1. The van der Waals surface area contributed by atoms with Crippen LogP contribution in [-0.2, 0) is 11.2 Å². The standard InChI is InChI=1S/C26H30N2O5S/c1-4-18(2)28(26(30)23-10-7-14-32-23)16-25(29)27-13-11-24-19(12-15-34-24)20(27)17-33-22-9-6-5-8-21(22)31-3/h5-10,12,14-15,18,20H,4,11,13,16-17H2,1-3H3/t18-,20-/m0/s1. The van der Waals surface area contributed by atoms with E-state index in [1.165, 1.54) is 11.1 Å². The van der Waals surface area contributed by atoms with E-state index in [2.05, 4.69) is 11.4 Å². The van der Waals surface area contributed by atoms with Gasteiger partial charge in [-0.1, -0.05) is 19.1 Å². The van der Waals surface area contributed by atoms with Gasteiger partial charge < -0.3 is 23.7 Å². The summed E-state index contributed by atoms with van der Waals surface area (Å²) in [5.41, 5.74) is 1.10. The molecule has 0 spiro atoms. The summed E-state index contributed by atoms with van der Waals surface area (Å²) in [6, 6.07) is 12.5. The molecule has 0 radical (unpaired) electrons. The van der Waals surface area contributed by atoms with Crippen molar-refractivity contribution in [3.05, 3.63) is 70.3 Å². The molecule has 8 heteroatoms. The van der Waals surface area contributed by atoms with E-state index in [0.717, 1.165) is 18.4 Å². The zero-order valence-corrected chi connectivity index (χ0v) is 20.5. The number of carbonyl (C=O) groups excluding carboxylic acids is 2. The van der Waals surface area contributed by atoms with E-state index in [1.54, 1.807) is 35.5 Å². The van der Waals surface area contributed by atoms with Crippen molar-refractivity contribution in [3.8, 4) is 11.5 Å². The van der Waals surface area contributed by atoms with Gasteiger partial charge in [-0.05, 0) is 61.0 Å². The molecular formula is C26H30N2O5S. The molecule has 180 valence electrons. The second-order valence-electron chi connectivity index (χ2n) is 8.28. The Morgan fingerprint density at radius 3 is 2.71 bits per heavy atom. The Hall–Kier alpha value is -3.26. The fourth-order valence-electron chi connectivity index (χ4n) is 4.21. The topological polar surface area (TPSA) is 72.2 Å². The number of furan rings is 1. The minimum absolute atomic E-state index is 0.0147. The largest absolute Gasteiger partial charge is 0.493 e. The Labute approximate surface area is 203 Å². The number of thiophene rings is 1. The van der Waals surface area contributed by atoms with Gasteiger partial charge in [0.1, 0.15) is 13.2 Å². The molecular weight excluding hydrogens is 452 g/mol. The molecule has 0 N–H and O–H groups in total. The van der Waals surface area contributed by atoms with Gasteiger partial charge in [0.15, 0.2) is 17.3 Å². The molecule has 1 aliphatic heterocycles. The van der Waals surface area contributed by atoms with Crippen molar-refractivity contribution in [2.45, 2.75) is 38.8 Å². The molecule has 2 atom stereocenters. The van der Waals surface area contributed by atoms with E-state index in [-0.39, 0.29) is 36.2 Å². The van der Waals surface area contributed by atoms with E-state index in [4.69, 9.17) is 13.9 Å². The van der Waals surface area contributed by atoms with Crippen LogP contribution in [0.1, 0.15) is 47.3 Å². The Bertz CT molecular complexity index is 1110. The summed E-state index contributed by atoms with van der Waals surface area (Å²) in [6.45, 7) is 4.81. The fraction of sp³-hybridized carbons (Fsp3) is 0.385. The van der Waals surface area contributed by atoms with Crippen LogP contribution in [-0.4, -0.2) is 54.5 Å². The van der Waals surface area contributed by atoms with Crippen LogP contribution >= 0.6 is 11.3 Å². The lowest BCUT2D eigenvalue weighted by Gasteiger charge is -2.38. The van der Waals surface area contributed by atoms with Crippen molar-refractivity contribution >= 4 is 23.2 Å². The van der Waals surface area contributed by atoms with Crippen LogP contribution in [0.25, 0.3) is 0 Å². The van der Waals surface area contributed by atoms with Gasteiger partial charge in [-0.3, -0.25) is 9.59 Å². The molecule has 0 bridgehead atoms. The zero-order valence-electron chi connectivity index (χ0n) is 19.7. The molecule has 3 heterocycles. The van der Waals surface area contributed by atoms with Crippen LogP contribution in [0.2, 0.25) is 0 Å². The van der Waals surface area contributed by atoms with Crippen molar-refractivity contribution in [2.75, 3.05) is 26.8 Å². The molecule has 0 fully saturated rings. The molecule has 0 saturated heterocycles. The molecule has 4 rings (SSSR count). The highest BCUT2D eigenvalue weighted by Crippen LogP contribution is 2.35. The van der Waals surface area contributed by atoms with Gasteiger partial charge >= 0.3 is 0 Å². The van der Waals surface area contributed by atoms with E-state index in [9.17, 15) is 9.59 Å². The summed E-state index contributed by atoms with van der Waals surface area (Å²) in [5.74, 6) is 1.14. The van der Waals surface area contributed by atoms with E-state index in [1.807, 2.05) is 43.0 Å². The molecule has 3 aromatic rings. The quantitative estimate of drug-likeness (QED) is 0.438. The van der Waals surface area contributed by atoms with Gasteiger partial charge in [0.05, 0.1) is 19.4 Å². The van der Waals surface area contributed by atoms with Crippen molar-refractivity contribution < 1.29 is 23.5 Å². The van der Waals surface area contributed by atoms with E-state index < -0.39 is 0 Å². The van der Waals surface area contributed by atoms with Crippen molar-refractivity contribution in [3.63, 3.8) is 0 Å². The average Bonchev–Trinajstić information content (AvgIpc) is 3.57. The van der Waals surface area contributed by atoms with Crippen LogP contribution in [0.4, 0.5) is 0 Å². The van der Waals surface area contributed by atoms with Crippen LogP contribution in [0.3, 0.4) is 0 Å². The van der Waals surface area contributed by atoms with Gasteiger partial charge in [-0.25, -0.2) is 0 Å². The summed E-state index contributed by atoms with van der Waals surface area (Å²) in [5, 5.41) is 2.06. The maximum Gasteiger partial charge on any atom is 0.290 e. The number of nitrogens with zero attached hydrogens (tertiary/aromatic N) is 2. The van der Waals surface area contributed by atoms with Gasteiger partial charge in [0, 0.05) is 17.5 Å². The first-order valence-corrected chi connectivity index (χ1v) is 12.4.